The number of hydrogen-bond donors (Lipinski definition) is 6. The van der Waals surface area contributed by atoms with Gasteiger partial charge in [-0.25, -0.2) is 0 Å². The molecule has 1 heterocycles. The Hall–Kier alpha value is -1.31. The number of nitrogens with one attached hydrogen (secondary N) is 3. The second kappa shape index (κ2) is 7.63. The molecule has 0 radical (unpaired) electrons. The van der Waals surface area contributed by atoms with Crippen LogP contribution in [0.4, 0.5) is 0 Å². The van der Waals surface area contributed by atoms with Gasteiger partial charge in [-0.1, -0.05) is 0 Å². The first-order valence-corrected chi connectivity index (χ1v) is 7.77. The number of hydrogen-bond acceptors (Lipinski definition) is 6. The predicted octanol–water partition coefficient (Wildman–Crippen LogP) is -1.14. The van der Waals surface area contributed by atoms with Crippen molar-refractivity contribution < 1.29 is 4.79 Å². The number of nitrogens with two attached hydrogens (primary N) is 3. The first-order valence-electron chi connectivity index (χ1n) is 7.77. The number of carbonyl (C=O) groups is 1. The van der Waals surface area contributed by atoms with Crippen LogP contribution in [0.1, 0.15) is 32.1 Å². The van der Waals surface area contributed by atoms with Gasteiger partial charge in [0, 0.05) is 30.9 Å². The highest BCUT2D eigenvalue weighted by atomic mass is 16.1. The van der Waals surface area contributed by atoms with Gasteiger partial charge in [0.05, 0.1) is 12.3 Å². The molecule has 0 saturated heterocycles. The Morgan fingerprint density at radius 3 is 2.52 bits per heavy atom. The summed E-state index contributed by atoms with van der Waals surface area (Å²) in [6, 6.07) is 0.0634. The quantitative estimate of drug-likeness (QED) is 0.343. The molecule has 2 unspecified atom stereocenters. The van der Waals surface area contributed by atoms with E-state index in [4.69, 9.17) is 17.2 Å². The fourth-order valence-corrected chi connectivity index (χ4v) is 3.22. The summed E-state index contributed by atoms with van der Waals surface area (Å²) in [5, 5.41) is 9.65. The smallest absolute Gasteiger partial charge is 0.220 e. The molecule has 7 nitrogen and oxygen atoms in total. The van der Waals surface area contributed by atoms with Gasteiger partial charge >= 0.3 is 0 Å². The van der Waals surface area contributed by atoms with E-state index in [1.165, 1.54) is 0 Å². The van der Waals surface area contributed by atoms with Gasteiger partial charge in [0.1, 0.15) is 0 Å². The molecule has 0 bridgehead atoms. The molecule has 7 heteroatoms. The van der Waals surface area contributed by atoms with Crippen LogP contribution in [0.25, 0.3) is 0 Å². The second-order valence-corrected chi connectivity index (χ2v) is 6.15. The van der Waals surface area contributed by atoms with Crippen LogP contribution in [-0.2, 0) is 4.79 Å². The van der Waals surface area contributed by atoms with Crippen LogP contribution in [-0.4, -0.2) is 30.8 Å². The van der Waals surface area contributed by atoms with Crippen molar-refractivity contribution in [3.63, 3.8) is 0 Å². The van der Waals surface area contributed by atoms with Crippen LogP contribution in [0, 0.1) is 11.8 Å². The lowest BCUT2D eigenvalue weighted by Gasteiger charge is -2.33. The van der Waals surface area contributed by atoms with Crippen molar-refractivity contribution in [3.05, 3.63) is 12.4 Å². The Morgan fingerprint density at radius 2 is 1.95 bits per heavy atom. The molecule has 1 aliphatic heterocycles. The van der Waals surface area contributed by atoms with Crippen molar-refractivity contribution in [2.75, 3.05) is 6.54 Å². The zero-order valence-electron chi connectivity index (χ0n) is 12.4. The summed E-state index contributed by atoms with van der Waals surface area (Å²) in [5.41, 5.74) is 17.8. The van der Waals surface area contributed by atoms with Crippen LogP contribution in [0.2, 0.25) is 0 Å². The van der Waals surface area contributed by atoms with E-state index in [1.54, 1.807) is 0 Å². The van der Waals surface area contributed by atoms with Crippen molar-refractivity contribution in [2.24, 2.45) is 29.0 Å². The highest BCUT2D eigenvalue weighted by molar-refractivity contribution is 5.76. The average molecular weight is 296 g/mol. The summed E-state index contributed by atoms with van der Waals surface area (Å²) < 4.78 is 0. The van der Waals surface area contributed by atoms with Crippen LogP contribution >= 0.6 is 0 Å². The maximum Gasteiger partial charge on any atom is 0.220 e. The van der Waals surface area contributed by atoms with Crippen LogP contribution in [0.3, 0.4) is 0 Å². The maximum absolute atomic E-state index is 11.2. The van der Waals surface area contributed by atoms with Crippen molar-refractivity contribution in [1.82, 2.24) is 16.0 Å². The first-order chi connectivity index (χ1) is 10.1. The predicted molar refractivity (Wildman–Crippen MR) is 82.4 cm³/mol. The van der Waals surface area contributed by atoms with E-state index in [0.29, 0.717) is 5.92 Å². The van der Waals surface area contributed by atoms with Crippen LogP contribution in [0.5, 0.6) is 0 Å². The molecule has 0 spiro atoms. The van der Waals surface area contributed by atoms with Crippen molar-refractivity contribution in [3.8, 4) is 0 Å². The van der Waals surface area contributed by atoms with Gasteiger partial charge in [0.15, 0.2) is 0 Å². The Kier molecular flexibility index (Phi) is 5.84. The van der Waals surface area contributed by atoms with E-state index in [2.05, 4.69) is 16.0 Å². The van der Waals surface area contributed by atoms with E-state index in [1.807, 2.05) is 12.4 Å². The minimum atomic E-state index is -0.177. The summed E-state index contributed by atoms with van der Waals surface area (Å²) >= 11 is 0. The standard InChI is InChI=1S/C14H28N6O/c15-11(9-1-3-10(4-2-9)14(17)21)7-12(16)20-13-8-18-5-6-19-13/h5-6,9-13,18-20H,1-4,7-8,15-16H2,(H2,17,21)/t9?,10?,11?,12-,13?/m1/s1. The third-order valence-corrected chi connectivity index (χ3v) is 4.54. The highest BCUT2D eigenvalue weighted by Gasteiger charge is 2.29. The lowest BCUT2D eigenvalue weighted by molar-refractivity contribution is -0.123. The molecule has 21 heavy (non-hydrogen) atoms. The molecule has 9 N–H and O–H groups in total. The van der Waals surface area contributed by atoms with E-state index in [-0.39, 0.29) is 30.2 Å². The number of carbonyl (C=O) groups excluding carboxylic acids is 1. The van der Waals surface area contributed by atoms with E-state index in [9.17, 15) is 4.79 Å². The molecule has 2 rings (SSSR count). The second-order valence-electron chi connectivity index (χ2n) is 6.15. The minimum Gasteiger partial charge on any atom is -0.386 e. The van der Waals surface area contributed by atoms with Gasteiger partial charge in [-0.3, -0.25) is 10.1 Å². The number of rotatable bonds is 6. The zero-order valence-corrected chi connectivity index (χ0v) is 12.4. The topological polar surface area (TPSA) is 131 Å². The maximum atomic E-state index is 11.2. The molecule has 3 atom stereocenters. The molecular weight excluding hydrogens is 268 g/mol. The Morgan fingerprint density at radius 1 is 1.24 bits per heavy atom. The monoisotopic (exact) mass is 296 g/mol. The van der Waals surface area contributed by atoms with Crippen LogP contribution < -0.4 is 33.2 Å². The Bertz CT molecular complexity index is 366. The van der Waals surface area contributed by atoms with Gasteiger partial charge in [-0.15, -0.1) is 0 Å². The lowest BCUT2D eigenvalue weighted by Crippen LogP contribution is -2.56. The normalized spacial score (nSPS) is 31.8. The zero-order chi connectivity index (χ0) is 15.2. The highest BCUT2D eigenvalue weighted by Crippen LogP contribution is 2.31. The summed E-state index contributed by atoms with van der Waals surface area (Å²) in [7, 11) is 0. The van der Waals surface area contributed by atoms with Crippen molar-refractivity contribution in [2.45, 2.75) is 50.5 Å². The summed E-state index contributed by atoms with van der Waals surface area (Å²) in [4.78, 5) is 11.2. The molecule has 2 aliphatic rings. The van der Waals surface area contributed by atoms with Gasteiger partial charge in [0.2, 0.25) is 5.91 Å². The van der Waals surface area contributed by atoms with Crippen molar-refractivity contribution in [1.29, 1.82) is 0 Å². The average Bonchev–Trinajstić information content (AvgIpc) is 2.48. The first kappa shape index (κ1) is 16.1. The van der Waals surface area contributed by atoms with E-state index in [0.717, 1.165) is 38.6 Å². The molecular formula is C14H28N6O. The Balaban J connectivity index is 1.70. The number of primary amides is 1. The summed E-state index contributed by atoms with van der Waals surface area (Å²) in [6.45, 7) is 0.795. The summed E-state index contributed by atoms with van der Waals surface area (Å²) in [5.74, 6) is 0.291. The van der Waals surface area contributed by atoms with E-state index >= 15 is 0 Å². The van der Waals surface area contributed by atoms with Crippen LogP contribution in [0.15, 0.2) is 12.4 Å². The third-order valence-electron chi connectivity index (χ3n) is 4.54. The lowest BCUT2D eigenvalue weighted by atomic mass is 9.77. The fourth-order valence-electron chi connectivity index (χ4n) is 3.22. The molecule has 1 aliphatic carbocycles. The number of amides is 1. The molecule has 1 saturated carbocycles. The third kappa shape index (κ3) is 4.87. The molecule has 120 valence electrons. The van der Waals surface area contributed by atoms with Gasteiger partial charge in [0.25, 0.3) is 0 Å². The van der Waals surface area contributed by atoms with Gasteiger partial charge in [-0.05, 0) is 38.0 Å². The fraction of sp³-hybridized carbons (Fsp3) is 0.786. The molecule has 1 fully saturated rings. The largest absolute Gasteiger partial charge is 0.386 e. The van der Waals surface area contributed by atoms with Gasteiger partial charge < -0.3 is 27.8 Å². The SMILES string of the molecule is NC(=O)C1CCC(C(N)C[C@H](N)NC2CNC=CN2)CC1. The molecule has 0 aromatic carbocycles. The van der Waals surface area contributed by atoms with Gasteiger partial charge in [-0.2, -0.15) is 0 Å². The summed E-state index contributed by atoms with van der Waals surface area (Å²) in [6.07, 6.45) is 8.09. The molecule has 1 amide bonds. The minimum absolute atomic E-state index is 0.0320. The molecule has 0 aromatic rings. The van der Waals surface area contributed by atoms with Crippen molar-refractivity contribution >= 4 is 5.91 Å². The molecule has 0 aromatic heterocycles. The Labute approximate surface area is 126 Å². The van der Waals surface area contributed by atoms with E-state index < -0.39 is 0 Å².